The average molecular weight is 488 g/mol. The monoisotopic (exact) mass is 487 g/mol. The van der Waals surface area contributed by atoms with Crippen LogP contribution in [0.1, 0.15) is 5.56 Å². The highest BCUT2D eigenvalue weighted by Crippen LogP contribution is 2.30. The molecule has 1 aliphatic rings. The number of hydrogen-bond donors (Lipinski definition) is 2. The summed E-state index contributed by atoms with van der Waals surface area (Å²) in [7, 11) is 0. The van der Waals surface area contributed by atoms with Crippen LogP contribution in [0.15, 0.2) is 46.9 Å². The van der Waals surface area contributed by atoms with Gasteiger partial charge in [0, 0.05) is 23.1 Å². The van der Waals surface area contributed by atoms with Crippen LogP contribution in [0.2, 0.25) is 0 Å². The van der Waals surface area contributed by atoms with E-state index in [0.29, 0.717) is 23.8 Å². The molecule has 4 rings (SSSR count). The number of aromatic amines is 1. The minimum Gasteiger partial charge on any atom is -0.378 e. The quantitative estimate of drug-likeness (QED) is 0.528. The third kappa shape index (κ3) is 4.63. The maximum atomic E-state index is 12.9. The Morgan fingerprint density at radius 3 is 2.70 bits per heavy atom. The fourth-order valence-electron chi connectivity index (χ4n) is 3.41. The van der Waals surface area contributed by atoms with E-state index in [1.165, 1.54) is 0 Å². The summed E-state index contributed by atoms with van der Waals surface area (Å²) in [6.45, 7) is 5.01. The maximum Gasteiger partial charge on any atom is 0.244 e. The number of H-pyrrole nitrogens is 1. The normalized spacial score (nSPS) is 14.0. The number of halogens is 1. The van der Waals surface area contributed by atoms with Gasteiger partial charge in [0.1, 0.15) is 6.54 Å². The first-order valence-electron chi connectivity index (χ1n) is 9.65. The van der Waals surface area contributed by atoms with Crippen LogP contribution in [0, 0.1) is 11.7 Å². The van der Waals surface area contributed by atoms with Gasteiger partial charge >= 0.3 is 0 Å². The molecule has 0 unspecified atom stereocenters. The highest BCUT2D eigenvalue weighted by molar-refractivity contribution is 9.10. The Morgan fingerprint density at radius 2 is 1.97 bits per heavy atom. The second-order valence-corrected chi connectivity index (χ2v) is 8.42. The zero-order chi connectivity index (χ0) is 21.1. The van der Waals surface area contributed by atoms with Gasteiger partial charge in [-0.2, -0.15) is 5.10 Å². The van der Waals surface area contributed by atoms with Crippen LogP contribution in [0.25, 0.3) is 11.4 Å². The lowest BCUT2D eigenvalue weighted by atomic mass is 10.1. The van der Waals surface area contributed by atoms with Crippen molar-refractivity contribution < 1.29 is 9.53 Å². The maximum absolute atomic E-state index is 12.9. The van der Waals surface area contributed by atoms with Gasteiger partial charge in [0.2, 0.25) is 5.91 Å². The van der Waals surface area contributed by atoms with Gasteiger partial charge < -0.3 is 15.0 Å². The van der Waals surface area contributed by atoms with Gasteiger partial charge in [-0.1, -0.05) is 45.8 Å². The number of rotatable bonds is 5. The lowest BCUT2D eigenvalue weighted by Crippen LogP contribution is -2.36. The van der Waals surface area contributed by atoms with E-state index in [4.69, 9.17) is 17.0 Å². The summed E-state index contributed by atoms with van der Waals surface area (Å²) in [5.74, 6) is 0.464. The molecule has 2 N–H and O–H groups in total. The number of aryl methyl sites for hydroxylation is 1. The molecule has 0 radical (unpaired) electrons. The summed E-state index contributed by atoms with van der Waals surface area (Å²) in [6.07, 6.45) is 0. The number of anilines is 2. The van der Waals surface area contributed by atoms with E-state index >= 15 is 0 Å². The third-order valence-corrected chi connectivity index (χ3v) is 5.76. The molecular formula is C21H22BrN5O2S. The van der Waals surface area contributed by atoms with Crippen molar-refractivity contribution in [3.05, 3.63) is 57.3 Å². The molecule has 3 aromatic rings. The number of hydrogen-bond acceptors (Lipinski definition) is 5. The summed E-state index contributed by atoms with van der Waals surface area (Å²) in [6, 6.07) is 13.9. The van der Waals surface area contributed by atoms with Crippen LogP contribution >= 0.6 is 28.1 Å². The molecule has 0 aliphatic carbocycles. The predicted molar refractivity (Wildman–Crippen MR) is 123 cm³/mol. The molecule has 2 aromatic carbocycles. The van der Waals surface area contributed by atoms with Gasteiger partial charge in [-0.3, -0.25) is 14.5 Å². The SMILES string of the molecule is Cc1ccc(-c2n[nH]c(=S)n2CC(=O)Nc2cc(Br)ccc2N2CCOCC2)cc1. The summed E-state index contributed by atoms with van der Waals surface area (Å²) in [5, 5.41) is 10.2. The van der Waals surface area contributed by atoms with Crippen molar-refractivity contribution in [1.82, 2.24) is 14.8 Å². The fourth-order valence-corrected chi connectivity index (χ4v) is 3.97. The second kappa shape index (κ2) is 9.11. The van der Waals surface area contributed by atoms with Gasteiger partial charge in [0.15, 0.2) is 10.6 Å². The highest BCUT2D eigenvalue weighted by atomic mass is 79.9. The number of amides is 1. The molecular weight excluding hydrogens is 466 g/mol. The number of nitrogens with zero attached hydrogens (tertiary/aromatic N) is 3. The standard InChI is InChI=1S/C21H22BrN5O2S/c1-14-2-4-15(5-3-14)20-24-25-21(30)27(20)13-19(28)23-17-12-16(22)6-7-18(17)26-8-10-29-11-9-26/h2-7,12H,8-11,13H2,1H3,(H,23,28)(H,25,30). The molecule has 2 heterocycles. The number of carbonyl (C=O) groups excluding carboxylic acids is 1. The smallest absolute Gasteiger partial charge is 0.244 e. The van der Waals surface area contributed by atoms with E-state index in [1.807, 2.05) is 49.4 Å². The molecule has 156 valence electrons. The van der Waals surface area contributed by atoms with Crippen molar-refractivity contribution in [2.24, 2.45) is 0 Å². The van der Waals surface area contributed by atoms with Gasteiger partial charge in [0.05, 0.1) is 24.6 Å². The predicted octanol–water partition coefficient (Wildman–Crippen LogP) is 4.15. The number of aromatic nitrogens is 3. The van der Waals surface area contributed by atoms with Crippen molar-refractivity contribution in [2.45, 2.75) is 13.5 Å². The summed E-state index contributed by atoms with van der Waals surface area (Å²) >= 11 is 8.87. The van der Waals surface area contributed by atoms with E-state index in [-0.39, 0.29) is 12.5 Å². The van der Waals surface area contributed by atoms with Crippen LogP contribution < -0.4 is 10.2 Å². The van der Waals surface area contributed by atoms with Crippen LogP contribution in [-0.4, -0.2) is 47.0 Å². The summed E-state index contributed by atoms with van der Waals surface area (Å²) < 4.78 is 8.46. The van der Waals surface area contributed by atoms with Crippen molar-refractivity contribution >= 4 is 45.4 Å². The van der Waals surface area contributed by atoms with Crippen LogP contribution in [0.3, 0.4) is 0 Å². The van der Waals surface area contributed by atoms with Gasteiger partial charge in [0.25, 0.3) is 0 Å². The fraction of sp³-hybridized carbons (Fsp3) is 0.286. The first kappa shape index (κ1) is 20.8. The average Bonchev–Trinajstić information content (AvgIpc) is 3.09. The van der Waals surface area contributed by atoms with E-state index in [1.54, 1.807) is 4.57 Å². The Morgan fingerprint density at radius 1 is 1.23 bits per heavy atom. The molecule has 1 aliphatic heterocycles. The van der Waals surface area contributed by atoms with Gasteiger partial charge in [-0.15, -0.1) is 0 Å². The molecule has 7 nitrogen and oxygen atoms in total. The molecule has 1 fully saturated rings. The molecule has 1 amide bonds. The van der Waals surface area contributed by atoms with E-state index in [9.17, 15) is 4.79 Å². The van der Waals surface area contributed by atoms with Crippen molar-refractivity contribution in [2.75, 3.05) is 36.5 Å². The third-order valence-electron chi connectivity index (χ3n) is 4.95. The molecule has 0 saturated carbocycles. The van der Waals surface area contributed by atoms with E-state index in [0.717, 1.165) is 40.1 Å². The molecule has 9 heteroatoms. The van der Waals surface area contributed by atoms with Gasteiger partial charge in [-0.05, 0) is 37.3 Å². The van der Waals surface area contributed by atoms with E-state index < -0.39 is 0 Å². The molecule has 1 saturated heterocycles. The van der Waals surface area contributed by atoms with Crippen LogP contribution in [0.5, 0.6) is 0 Å². The largest absolute Gasteiger partial charge is 0.378 e. The zero-order valence-electron chi connectivity index (χ0n) is 16.5. The molecule has 0 spiro atoms. The Bertz CT molecular complexity index is 1100. The molecule has 0 bridgehead atoms. The minimum atomic E-state index is -0.173. The first-order valence-corrected chi connectivity index (χ1v) is 10.9. The lowest BCUT2D eigenvalue weighted by Gasteiger charge is -2.30. The molecule has 0 atom stereocenters. The highest BCUT2D eigenvalue weighted by Gasteiger charge is 2.18. The number of morpholine rings is 1. The topological polar surface area (TPSA) is 75.2 Å². The minimum absolute atomic E-state index is 0.0631. The Labute approximate surface area is 188 Å². The van der Waals surface area contributed by atoms with Crippen molar-refractivity contribution in [3.8, 4) is 11.4 Å². The summed E-state index contributed by atoms with van der Waals surface area (Å²) in [4.78, 5) is 15.2. The van der Waals surface area contributed by atoms with Crippen molar-refractivity contribution in [3.63, 3.8) is 0 Å². The zero-order valence-corrected chi connectivity index (χ0v) is 18.9. The Kier molecular flexibility index (Phi) is 6.31. The number of ether oxygens (including phenoxy) is 1. The molecule has 1 aromatic heterocycles. The van der Waals surface area contributed by atoms with Crippen LogP contribution in [0.4, 0.5) is 11.4 Å². The molecule has 30 heavy (non-hydrogen) atoms. The lowest BCUT2D eigenvalue weighted by molar-refractivity contribution is -0.116. The van der Waals surface area contributed by atoms with E-state index in [2.05, 4.69) is 36.3 Å². The summed E-state index contributed by atoms with van der Waals surface area (Å²) in [5.41, 5.74) is 3.78. The van der Waals surface area contributed by atoms with Crippen LogP contribution in [-0.2, 0) is 16.1 Å². The number of benzene rings is 2. The second-order valence-electron chi connectivity index (χ2n) is 7.11. The Balaban J connectivity index is 1.56. The van der Waals surface area contributed by atoms with Gasteiger partial charge in [-0.25, -0.2) is 0 Å². The Hall–Kier alpha value is -2.49. The van der Waals surface area contributed by atoms with Crippen molar-refractivity contribution in [1.29, 1.82) is 0 Å². The number of carbonyl (C=O) groups is 1. The first-order chi connectivity index (χ1) is 14.5. The number of nitrogens with one attached hydrogen (secondary N) is 2.